The van der Waals surface area contributed by atoms with Gasteiger partial charge in [0.15, 0.2) is 5.82 Å². The van der Waals surface area contributed by atoms with Gasteiger partial charge in [0, 0.05) is 44.8 Å². The number of benzene rings is 1. The largest absolute Gasteiger partial charge is 0.436 e. The van der Waals surface area contributed by atoms with Crippen molar-refractivity contribution in [2.24, 2.45) is 0 Å². The predicted octanol–water partition coefficient (Wildman–Crippen LogP) is 3.40. The lowest BCUT2D eigenvalue weighted by Gasteiger charge is -2.34. The Bertz CT molecular complexity index is 789. The van der Waals surface area contributed by atoms with Crippen LogP contribution in [0, 0.1) is 0 Å². The standard InChI is InChI=1S/C21H26N4O2/c1-21(2,3)17-5-7-18(8-6-17)27-20-19(22-9-10-23-20)25-14-12-24(13-15-25)11-4-16-26/h4-11,16H,12-15H2,1-3H3. The van der Waals surface area contributed by atoms with Crippen molar-refractivity contribution >= 4 is 12.1 Å². The number of aldehydes is 1. The van der Waals surface area contributed by atoms with E-state index in [0.717, 1.165) is 44.0 Å². The minimum atomic E-state index is 0.105. The Morgan fingerprint density at radius 2 is 1.67 bits per heavy atom. The van der Waals surface area contributed by atoms with Gasteiger partial charge in [-0.1, -0.05) is 32.9 Å². The van der Waals surface area contributed by atoms with E-state index in [0.29, 0.717) is 5.88 Å². The molecule has 0 unspecified atom stereocenters. The summed E-state index contributed by atoms with van der Waals surface area (Å²) in [5.41, 5.74) is 1.36. The lowest BCUT2D eigenvalue weighted by molar-refractivity contribution is -0.104. The molecule has 0 atom stereocenters. The molecule has 6 nitrogen and oxygen atoms in total. The molecule has 2 heterocycles. The van der Waals surface area contributed by atoms with Crippen LogP contribution in [0.25, 0.3) is 0 Å². The van der Waals surface area contributed by atoms with Crippen molar-refractivity contribution in [3.05, 3.63) is 54.5 Å². The minimum absolute atomic E-state index is 0.105. The normalized spacial score (nSPS) is 15.2. The first-order chi connectivity index (χ1) is 13.0. The molecule has 142 valence electrons. The summed E-state index contributed by atoms with van der Waals surface area (Å²) >= 11 is 0. The van der Waals surface area contributed by atoms with E-state index in [1.807, 2.05) is 18.3 Å². The van der Waals surface area contributed by atoms with Crippen molar-refractivity contribution in [3.63, 3.8) is 0 Å². The third-order valence-electron chi connectivity index (χ3n) is 4.57. The lowest BCUT2D eigenvalue weighted by atomic mass is 9.87. The molecule has 2 aromatic rings. The van der Waals surface area contributed by atoms with Crippen LogP contribution < -0.4 is 9.64 Å². The monoisotopic (exact) mass is 366 g/mol. The van der Waals surface area contributed by atoms with Crippen molar-refractivity contribution in [2.45, 2.75) is 26.2 Å². The minimum Gasteiger partial charge on any atom is -0.436 e. The molecule has 0 radical (unpaired) electrons. The molecule has 0 spiro atoms. The molecule has 6 heteroatoms. The van der Waals surface area contributed by atoms with E-state index in [4.69, 9.17) is 4.74 Å². The Morgan fingerprint density at radius 1 is 1.00 bits per heavy atom. The van der Waals surface area contributed by atoms with E-state index in [2.05, 4.69) is 52.7 Å². The van der Waals surface area contributed by atoms with Crippen LogP contribution in [0.4, 0.5) is 5.82 Å². The maximum absolute atomic E-state index is 10.5. The Hall–Kier alpha value is -2.89. The Balaban J connectivity index is 1.71. The molecule has 1 aliphatic heterocycles. The van der Waals surface area contributed by atoms with Gasteiger partial charge in [0.2, 0.25) is 0 Å². The molecule has 0 amide bonds. The molecule has 27 heavy (non-hydrogen) atoms. The SMILES string of the molecule is CC(C)(C)c1ccc(Oc2nccnc2N2CCN(C=CC=O)CC2)cc1. The topological polar surface area (TPSA) is 58.6 Å². The van der Waals surface area contributed by atoms with Crippen molar-refractivity contribution in [1.82, 2.24) is 14.9 Å². The van der Waals surface area contributed by atoms with Gasteiger partial charge in [-0.3, -0.25) is 4.79 Å². The summed E-state index contributed by atoms with van der Waals surface area (Å²) in [5, 5.41) is 0. The first kappa shape index (κ1) is 18.9. The Kier molecular flexibility index (Phi) is 5.74. The van der Waals surface area contributed by atoms with Gasteiger partial charge in [-0.25, -0.2) is 9.97 Å². The second-order valence-electron chi connectivity index (χ2n) is 7.56. The number of carbonyl (C=O) groups excluding carboxylic acids is 1. The summed E-state index contributed by atoms with van der Waals surface area (Å²) < 4.78 is 6.03. The van der Waals surface area contributed by atoms with Crippen LogP contribution in [0.15, 0.2) is 48.9 Å². The first-order valence-electron chi connectivity index (χ1n) is 9.18. The van der Waals surface area contributed by atoms with Crippen LogP contribution in [0.2, 0.25) is 0 Å². The number of carbonyl (C=O) groups is 1. The average Bonchev–Trinajstić information content (AvgIpc) is 2.67. The summed E-state index contributed by atoms with van der Waals surface area (Å²) in [4.78, 5) is 23.6. The van der Waals surface area contributed by atoms with E-state index in [1.54, 1.807) is 12.4 Å². The predicted molar refractivity (Wildman–Crippen MR) is 106 cm³/mol. The summed E-state index contributed by atoms with van der Waals surface area (Å²) in [6.45, 7) is 9.79. The van der Waals surface area contributed by atoms with Gasteiger partial charge < -0.3 is 14.5 Å². The maximum Gasteiger partial charge on any atom is 0.263 e. The zero-order valence-electron chi connectivity index (χ0n) is 16.1. The molecule has 1 aliphatic rings. The Morgan fingerprint density at radius 3 is 2.30 bits per heavy atom. The van der Waals surface area contributed by atoms with Crippen molar-refractivity contribution in [1.29, 1.82) is 0 Å². The number of hydrogen-bond donors (Lipinski definition) is 0. The zero-order valence-corrected chi connectivity index (χ0v) is 16.1. The molecule has 1 aromatic heterocycles. The number of nitrogens with zero attached hydrogens (tertiary/aromatic N) is 4. The van der Waals surface area contributed by atoms with Crippen molar-refractivity contribution in [2.75, 3.05) is 31.1 Å². The molecule has 1 fully saturated rings. The van der Waals surface area contributed by atoms with Gasteiger partial charge in [0.05, 0.1) is 0 Å². The smallest absolute Gasteiger partial charge is 0.263 e. The molecule has 0 aliphatic carbocycles. The van der Waals surface area contributed by atoms with E-state index in [-0.39, 0.29) is 5.41 Å². The van der Waals surface area contributed by atoms with Crippen molar-refractivity contribution < 1.29 is 9.53 Å². The molecular weight excluding hydrogens is 340 g/mol. The number of aromatic nitrogens is 2. The third-order valence-corrected chi connectivity index (χ3v) is 4.57. The second kappa shape index (κ2) is 8.20. The molecular formula is C21H26N4O2. The van der Waals surface area contributed by atoms with Crippen LogP contribution in [-0.4, -0.2) is 47.3 Å². The number of rotatable bonds is 5. The van der Waals surface area contributed by atoms with Crippen LogP contribution >= 0.6 is 0 Å². The highest BCUT2D eigenvalue weighted by Gasteiger charge is 2.21. The van der Waals surface area contributed by atoms with Crippen LogP contribution in [0.3, 0.4) is 0 Å². The van der Waals surface area contributed by atoms with Crippen molar-refractivity contribution in [3.8, 4) is 11.6 Å². The third kappa shape index (κ3) is 4.84. The molecule has 1 aromatic carbocycles. The van der Waals surface area contributed by atoms with Crippen LogP contribution in [0.1, 0.15) is 26.3 Å². The number of ether oxygens (including phenoxy) is 1. The second-order valence-corrected chi connectivity index (χ2v) is 7.56. The fourth-order valence-electron chi connectivity index (χ4n) is 2.98. The number of anilines is 1. The van der Waals surface area contributed by atoms with Gasteiger partial charge in [0.1, 0.15) is 12.0 Å². The summed E-state index contributed by atoms with van der Waals surface area (Å²) in [6, 6.07) is 8.12. The quantitative estimate of drug-likeness (QED) is 0.597. The zero-order chi connectivity index (χ0) is 19.3. The summed E-state index contributed by atoms with van der Waals surface area (Å²) in [6.07, 6.45) is 7.48. The van der Waals surface area contributed by atoms with E-state index in [1.165, 1.54) is 11.6 Å². The first-order valence-corrected chi connectivity index (χ1v) is 9.18. The average molecular weight is 366 g/mol. The van der Waals surface area contributed by atoms with Crippen LogP contribution in [-0.2, 0) is 10.2 Å². The molecule has 3 rings (SSSR count). The number of piperazine rings is 1. The highest BCUT2D eigenvalue weighted by Crippen LogP contribution is 2.30. The highest BCUT2D eigenvalue weighted by molar-refractivity contribution is 5.64. The maximum atomic E-state index is 10.5. The van der Waals surface area contributed by atoms with E-state index >= 15 is 0 Å². The number of allylic oxidation sites excluding steroid dienone is 1. The van der Waals surface area contributed by atoms with E-state index < -0.39 is 0 Å². The van der Waals surface area contributed by atoms with Gasteiger partial charge >= 0.3 is 0 Å². The summed E-state index contributed by atoms with van der Waals surface area (Å²) in [7, 11) is 0. The molecule has 0 bridgehead atoms. The molecule has 0 saturated carbocycles. The van der Waals surface area contributed by atoms with Gasteiger partial charge in [-0.15, -0.1) is 0 Å². The fourth-order valence-corrected chi connectivity index (χ4v) is 2.98. The van der Waals surface area contributed by atoms with Gasteiger partial charge in [-0.2, -0.15) is 0 Å². The van der Waals surface area contributed by atoms with Gasteiger partial charge in [0.25, 0.3) is 5.88 Å². The Labute approximate surface area is 160 Å². The van der Waals surface area contributed by atoms with Crippen LogP contribution in [0.5, 0.6) is 11.6 Å². The fraction of sp³-hybridized carbons (Fsp3) is 0.381. The summed E-state index contributed by atoms with van der Waals surface area (Å²) in [5.74, 6) is 2.01. The lowest BCUT2D eigenvalue weighted by Crippen LogP contribution is -2.44. The van der Waals surface area contributed by atoms with Gasteiger partial charge in [-0.05, 0) is 29.2 Å². The molecule has 0 N–H and O–H groups in total. The molecule has 1 saturated heterocycles. The van der Waals surface area contributed by atoms with E-state index in [9.17, 15) is 4.79 Å². The number of hydrogen-bond acceptors (Lipinski definition) is 6. The highest BCUT2D eigenvalue weighted by atomic mass is 16.5.